The Morgan fingerprint density at radius 3 is 2.50 bits per heavy atom. The smallest absolute Gasteiger partial charge is 0.183 e. The van der Waals surface area contributed by atoms with Gasteiger partial charge in [-0.15, -0.1) is 11.3 Å². The highest BCUT2D eigenvalue weighted by molar-refractivity contribution is 7.15. The van der Waals surface area contributed by atoms with E-state index in [0.29, 0.717) is 6.61 Å². The Morgan fingerprint density at radius 1 is 1.43 bits per heavy atom. The summed E-state index contributed by atoms with van der Waals surface area (Å²) in [5, 5.41) is 4.34. The summed E-state index contributed by atoms with van der Waals surface area (Å²) >= 11 is 1.69. The summed E-state index contributed by atoms with van der Waals surface area (Å²) in [7, 11) is 1.71. The van der Waals surface area contributed by atoms with Gasteiger partial charge in [-0.3, -0.25) is 0 Å². The number of anilines is 1. The van der Waals surface area contributed by atoms with Gasteiger partial charge in [0.15, 0.2) is 5.13 Å². The first-order valence-corrected chi connectivity index (χ1v) is 5.47. The van der Waals surface area contributed by atoms with E-state index in [9.17, 15) is 0 Å². The van der Waals surface area contributed by atoms with Crippen LogP contribution in [0.3, 0.4) is 0 Å². The van der Waals surface area contributed by atoms with Crippen LogP contribution in [0, 0.1) is 13.8 Å². The maximum absolute atomic E-state index is 5.13. The Kier molecular flexibility index (Phi) is 3.50. The van der Waals surface area contributed by atoms with Crippen molar-refractivity contribution < 1.29 is 4.74 Å². The fourth-order valence-electron chi connectivity index (χ4n) is 1.21. The zero-order chi connectivity index (χ0) is 10.8. The zero-order valence-electron chi connectivity index (χ0n) is 9.47. The van der Waals surface area contributed by atoms with Crippen LogP contribution in [0.4, 0.5) is 5.13 Å². The van der Waals surface area contributed by atoms with Crippen molar-refractivity contribution in [2.75, 3.05) is 19.0 Å². The van der Waals surface area contributed by atoms with Crippen LogP contribution in [-0.2, 0) is 4.74 Å². The number of methoxy groups -OCH3 is 1. The molecular formula is C10H18N2OS. The molecule has 14 heavy (non-hydrogen) atoms. The molecule has 0 bridgehead atoms. The highest BCUT2D eigenvalue weighted by Gasteiger charge is 2.18. The average molecular weight is 214 g/mol. The minimum Gasteiger partial charge on any atom is -0.382 e. The molecule has 0 unspecified atom stereocenters. The Bertz CT molecular complexity index is 288. The number of aryl methyl sites for hydroxylation is 2. The van der Waals surface area contributed by atoms with Crippen molar-refractivity contribution in [3.8, 4) is 0 Å². The van der Waals surface area contributed by atoms with Crippen LogP contribution < -0.4 is 5.32 Å². The van der Waals surface area contributed by atoms with Gasteiger partial charge in [0.25, 0.3) is 0 Å². The van der Waals surface area contributed by atoms with Gasteiger partial charge in [0, 0.05) is 12.0 Å². The third-order valence-corrected chi connectivity index (χ3v) is 2.97. The molecule has 1 heterocycles. The van der Waals surface area contributed by atoms with Crippen LogP contribution in [0.25, 0.3) is 0 Å². The van der Waals surface area contributed by atoms with Gasteiger partial charge >= 0.3 is 0 Å². The number of ether oxygens (including phenoxy) is 1. The lowest BCUT2D eigenvalue weighted by Gasteiger charge is -2.24. The number of nitrogens with zero attached hydrogens (tertiary/aromatic N) is 1. The standard InChI is InChI=1S/C10H18N2OS/c1-7-8(2)14-9(11-7)12-10(3,4)6-13-5/h6H2,1-5H3,(H,11,12). The van der Waals surface area contributed by atoms with Crippen LogP contribution in [0.1, 0.15) is 24.4 Å². The van der Waals surface area contributed by atoms with E-state index in [0.717, 1.165) is 10.8 Å². The SMILES string of the molecule is COCC(C)(C)Nc1nc(C)c(C)s1. The molecule has 0 aromatic carbocycles. The van der Waals surface area contributed by atoms with Crippen molar-refractivity contribution >= 4 is 16.5 Å². The average Bonchev–Trinajstić information content (AvgIpc) is 2.29. The van der Waals surface area contributed by atoms with Crippen molar-refractivity contribution in [3.05, 3.63) is 10.6 Å². The predicted molar refractivity (Wildman–Crippen MR) is 61.2 cm³/mol. The molecule has 0 saturated heterocycles. The topological polar surface area (TPSA) is 34.1 Å². The summed E-state index contributed by atoms with van der Waals surface area (Å²) < 4.78 is 5.13. The van der Waals surface area contributed by atoms with Crippen molar-refractivity contribution in [1.82, 2.24) is 4.98 Å². The van der Waals surface area contributed by atoms with Gasteiger partial charge < -0.3 is 10.1 Å². The van der Waals surface area contributed by atoms with Crippen LogP contribution in [0.2, 0.25) is 0 Å². The van der Waals surface area contributed by atoms with E-state index >= 15 is 0 Å². The lowest BCUT2D eigenvalue weighted by Crippen LogP contribution is -2.35. The van der Waals surface area contributed by atoms with Crippen molar-refractivity contribution in [2.45, 2.75) is 33.2 Å². The largest absolute Gasteiger partial charge is 0.382 e. The molecule has 0 spiro atoms. The summed E-state index contributed by atoms with van der Waals surface area (Å²) in [5.41, 5.74) is 1.04. The second kappa shape index (κ2) is 4.28. The molecule has 0 aliphatic carbocycles. The fraction of sp³-hybridized carbons (Fsp3) is 0.700. The molecule has 0 atom stereocenters. The van der Waals surface area contributed by atoms with E-state index < -0.39 is 0 Å². The third kappa shape index (κ3) is 2.96. The first kappa shape index (κ1) is 11.5. The van der Waals surface area contributed by atoms with E-state index in [1.807, 2.05) is 6.92 Å². The fourth-order valence-corrected chi connectivity index (χ4v) is 2.21. The van der Waals surface area contributed by atoms with Gasteiger partial charge in [-0.25, -0.2) is 4.98 Å². The molecule has 0 saturated carbocycles. The summed E-state index contributed by atoms with van der Waals surface area (Å²) in [4.78, 5) is 5.69. The molecule has 3 nitrogen and oxygen atoms in total. The molecule has 1 rings (SSSR count). The first-order chi connectivity index (χ1) is 6.44. The van der Waals surface area contributed by atoms with Crippen LogP contribution in [-0.4, -0.2) is 24.2 Å². The lowest BCUT2D eigenvalue weighted by molar-refractivity contribution is 0.158. The second-order valence-electron chi connectivity index (χ2n) is 4.10. The van der Waals surface area contributed by atoms with Gasteiger partial charge in [-0.2, -0.15) is 0 Å². The maximum atomic E-state index is 5.13. The first-order valence-electron chi connectivity index (χ1n) is 4.66. The number of rotatable bonds is 4. The highest BCUT2D eigenvalue weighted by atomic mass is 32.1. The van der Waals surface area contributed by atoms with Crippen LogP contribution >= 0.6 is 11.3 Å². The summed E-state index contributed by atoms with van der Waals surface area (Å²) in [6, 6.07) is 0. The monoisotopic (exact) mass is 214 g/mol. The third-order valence-electron chi connectivity index (χ3n) is 1.98. The Hall–Kier alpha value is -0.610. The Morgan fingerprint density at radius 2 is 2.07 bits per heavy atom. The molecule has 4 heteroatoms. The number of thiazole rings is 1. The van der Waals surface area contributed by atoms with Crippen LogP contribution in [0.5, 0.6) is 0 Å². The number of hydrogen-bond acceptors (Lipinski definition) is 4. The predicted octanol–water partition coefficient (Wildman–Crippen LogP) is 2.60. The van der Waals surface area contributed by atoms with Gasteiger partial charge in [0.1, 0.15) is 0 Å². The maximum Gasteiger partial charge on any atom is 0.183 e. The summed E-state index contributed by atoms with van der Waals surface area (Å²) in [6.07, 6.45) is 0. The lowest BCUT2D eigenvalue weighted by atomic mass is 10.1. The molecule has 0 aliphatic heterocycles. The van der Waals surface area contributed by atoms with E-state index in [1.165, 1.54) is 4.88 Å². The number of aromatic nitrogens is 1. The molecule has 80 valence electrons. The van der Waals surface area contributed by atoms with Crippen molar-refractivity contribution in [3.63, 3.8) is 0 Å². The molecule has 1 aromatic rings. The van der Waals surface area contributed by atoms with Gasteiger partial charge in [-0.1, -0.05) is 0 Å². The minimum absolute atomic E-state index is 0.0640. The second-order valence-corrected chi connectivity index (χ2v) is 5.31. The molecule has 0 amide bonds. The van der Waals surface area contributed by atoms with Gasteiger partial charge in [-0.05, 0) is 27.7 Å². The van der Waals surface area contributed by atoms with E-state index in [4.69, 9.17) is 4.74 Å². The van der Waals surface area contributed by atoms with Crippen LogP contribution in [0.15, 0.2) is 0 Å². The molecule has 0 aliphatic rings. The summed E-state index contributed by atoms with van der Waals surface area (Å²) in [5.74, 6) is 0. The summed E-state index contributed by atoms with van der Waals surface area (Å²) in [6.45, 7) is 8.98. The Balaban J connectivity index is 2.68. The minimum atomic E-state index is -0.0640. The van der Waals surface area contributed by atoms with Crippen molar-refractivity contribution in [2.24, 2.45) is 0 Å². The van der Waals surface area contributed by atoms with Crippen molar-refractivity contribution in [1.29, 1.82) is 0 Å². The number of hydrogen-bond donors (Lipinski definition) is 1. The van der Waals surface area contributed by atoms with E-state index in [-0.39, 0.29) is 5.54 Å². The highest BCUT2D eigenvalue weighted by Crippen LogP contribution is 2.24. The van der Waals surface area contributed by atoms with E-state index in [2.05, 4.69) is 31.1 Å². The molecule has 0 radical (unpaired) electrons. The number of nitrogens with one attached hydrogen (secondary N) is 1. The zero-order valence-corrected chi connectivity index (χ0v) is 10.3. The van der Waals surface area contributed by atoms with Gasteiger partial charge in [0.05, 0.1) is 17.8 Å². The molecule has 0 fully saturated rings. The molecular weight excluding hydrogens is 196 g/mol. The molecule has 1 aromatic heterocycles. The Labute approximate surface area is 89.5 Å². The normalized spacial score (nSPS) is 11.8. The quantitative estimate of drug-likeness (QED) is 0.836. The van der Waals surface area contributed by atoms with E-state index in [1.54, 1.807) is 18.4 Å². The van der Waals surface area contributed by atoms with Gasteiger partial charge in [0.2, 0.25) is 0 Å². The molecule has 1 N–H and O–H groups in total.